The van der Waals surface area contributed by atoms with Crippen LogP contribution in [-0.2, 0) is 42.0 Å². The summed E-state index contributed by atoms with van der Waals surface area (Å²) in [5.74, 6) is -0.387. The molecule has 1 unspecified atom stereocenters. The largest absolute Gasteiger partial charge is 0.509 e. The van der Waals surface area contributed by atoms with E-state index in [-0.39, 0.29) is 31.6 Å². The number of hydrogen-bond acceptors (Lipinski definition) is 19. The average molecular weight is 776 g/mol. The van der Waals surface area contributed by atoms with Crippen LogP contribution in [0, 0.1) is 0 Å². The minimum atomic E-state index is -4.45. The average Bonchev–Trinajstić information content (AvgIpc) is 3.82. The zero-order valence-electron chi connectivity index (χ0n) is 28.5. The second-order valence-corrected chi connectivity index (χ2v) is 15.6. The van der Waals surface area contributed by atoms with Crippen LogP contribution in [0.4, 0.5) is 10.6 Å². The lowest BCUT2D eigenvalue weighted by Crippen LogP contribution is -2.41. The van der Waals surface area contributed by atoms with E-state index < -0.39 is 86.3 Å². The number of fused-ring (bicyclic) bond motifs is 1. The Morgan fingerprint density at radius 2 is 1.94 bits per heavy atom. The first-order chi connectivity index (χ1) is 25.0. The van der Waals surface area contributed by atoms with E-state index in [1.807, 2.05) is 13.8 Å². The van der Waals surface area contributed by atoms with Crippen molar-refractivity contribution in [3.63, 3.8) is 0 Å². The number of aliphatic hydroxyl groups excluding tert-OH is 2. The number of hydrogen-bond donors (Lipinski definition) is 4. The zero-order valence-corrected chi connectivity index (χ0v) is 30.3. The molecule has 0 bridgehead atoms. The number of nitrogens with zero attached hydrogens (tertiary/aromatic N) is 5. The van der Waals surface area contributed by atoms with Crippen molar-refractivity contribution in [2.75, 3.05) is 45.2 Å². The van der Waals surface area contributed by atoms with Crippen LogP contribution < -0.4 is 17.0 Å². The van der Waals surface area contributed by atoms with E-state index in [1.165, 1.54) is 26.0 Å². The maximum Gasteiger partial charge on any atom is 0.509 e. The topological polar surface area (TPSA) is 273 Å². The van der Waals surface area contributed by atoms with Gasteiger partial charge in [0.15, 0.2) is 23.6 Å². The number of aromatic amines is 1. The van der Waals surface area contributed by atoms with E-state index >= 15 is 0 Å². The Bertz CT molecular complexity index is 1810. The number of methoxy groups -OCH3 is 1. The third-order valence-electron chi connectivity index (χ3n) is 8.30. The van der Waals surface area contributed by atoms with E-state index in [0.717, 1.165) is 10.6 Å². The fraction of sp³-hybridized carbons (Fsp3) is 0.655. The third kappa shape index (κ3) is 9.37. The summed E-state index contributed by atoms with van der Waals surface area (Å²) < 4.78 is 62.5. The second-order valence-electron chi connectivity index (χ2n) is 11.6. The van der Waals surface area contributed by atoms with Gasteiger partial charge in [0.1, 0.15) is 48.6 Å². The molecule has 23 heteroatoms. The maximum atomic E-state index is 14.5. The highest BCUT2D eigenvalue weighted by Crippen LogP contribution is 2.63. The number of carbonyl (C=O) groups excluding carboxylic acids is 1. The van der Waals surface area contributed by atoms with E-state index in [0.29, 0.717) is 35.4 Å². The summed E-state index contributed by atoms with van der Waals surface area (Å²) in [7, 11) is 1.44. The third-order valence-corrected chi connectivity index (χ3v) is 11.6. The Hall–Kier alpha value is -3.44. The Morgan fingerprint density at radius 1 is 1.15 bits per heavy atom. The summed E-state index contributed by atoms with van der Waals surface area (Å²) in [6, 6.07) is 1.09. The summed E-state index contributed by atoms with van der Waals surface area (Å²) in [5.41, 5.74) is 5.13. The molecule has 8 atom stereocenters. The molecular formula is C29H42N7O14PS. The molecule has 0 radical (unpaired) electrons. The number of imidazole rings is 1. The van der Waals surface area contributed by atoms with Gasteiger partial charge in [-0.05, 0) is 12.8 Å². The fourth-order valence-corrected chi connectivity index (χ4v) is 8.36. The number of carbonyl (C=O) groups is 1. The van der Waals surface area contributed by atoms with Gasteiger partial charge >= 0.3 is 18.6 Å². The van der Waals surface area contributed by atoms with Crippen molar-refractivity contribution in [2.24, 2.45) is 0 Å². The minimum Gasteiger partial charge on any atom is -0.431 e. The first kappa shape index (κ1) is 39.8. The Labute approximate surface area is 300 Å². The molecule has 0 aliphatic carbocycles. The molecule has 2 aliphatic heterocycles. The van der Waals surface area contributed by atoms with E-state index in [9.17, 15) is 29.2 Å². The Balaban J connectivity index is 1.37. The molecule has 3 aromatic rings. The molecular weight excluding hydrogens is 733 g/mol. The number of H-pyrrole nitrogens is 1. The normalized spacial score (nSPS) is 25.8. The van der Waals surface area contributed by atoms with Gasteiger partial charge in [0.25, 0.3) is 5.56 Å². The molecule has 5 heterocycles. The van der Waals surface area contributed by atoms with Crippen molar-refractivity contribution >= 4 is 41.3 Å². The van der Waals surface area contributed by atoms with Crippen LogP contribution in [-0.4, -0.2) is 122 Å². The zero-order chi connectivity index (χ0) is 37.4. The Kier molecular flexibility index (Phi) is 13.8. The van der Waals surface area contributed by atoms with E-state index in [1.54, 1.807) is 4.57 Å². The Morgan fingerprint density at radius 3 is 2.65 bits per heavy atom. The molecule has 3 aromatic heterocycles. The monoisotopic (exact) mass is 775 g/mol. The van der Waals surface area contributed by atoms with Gasteiger partial charge in [-0.15, -0.1) is 0 Å². The van der Waals surface area contributed by atoms with Gasteiger partial charge in [0.05, 0.1) is 38.9 Å². The van der Waals surface area contributed by atoms with Gasteiger partial charge in [-0.3, -0.25) is 28.0 Å². The van der Waals surface area contributed by atoms with Crippen molar-refractivity contribution in [3.05, 3.63) is 45.8 Å². The van der Waals surface area contributed by atoms with Crippen LogP contribution in [0.3, 0.4) is 0 Å². The number of rotatable bonds is 18. The minimum absolute atomic E-state index is 0.0383. The van der Waals surface area contributed by atoms with E-state index in [2.05, 4.69) is 19.9 Å². The number of aromatic nitrogens is 6. The number of aliphatic hydroxyl groups is 2. The molecule has 0 amide bonds. The molecule has 21 nitrogen and oxygen atoms in total. The molecule has 5 rings (SSSR count). The number of nitrogens with two attached hydrogens (primary N) is 1. The standard InChI is InChI=1S/C29H42N7O14PS/c1-4-16(5-2)47-29(41)45-15-52-51(42,46-12-19-17(38)10-21(48-19)36-14-33-22-25(30)31-13-32-26(22)36)50-23-18(11-37)49-27(24(23)44-9-8-43-3)35-7-6-20(39)34-28(35)40/h6-7,13-14,16-19,21,23-24,27,37-38H,4-5,8-12,15H2,1-3H3,(H2,30,31,32)(H,34,39,40)/t17-,18+,19+,21+,23+,24+,27+,51?/m0/s1. The highest BCUT2D eigenvalue weighted by molar-refractivity contribution is 8.55. The molecule has 0 saturated carbocycles. The summed E-state index contributed by atoms with van der Waals surface area (Å²) in [6.45, 7) is -1.84. The molecule has 288 valence electrons. The van der Waals surface area contributed by atoms with Gasteiger partial charge < -0.3 is 44.4 Å². The highest BCUT2D eigenvalue weighted by atomic mass is 32.7. The maximum absolute atomic E-state index is 14.5. The van der Waals surface area contributed by atoms with Crippen LogP contribution in [0.1, 0.15) is 45.6 Å². The number of ether oxygens (including phenoxy) is 6. The van der Waals surface area contributed by atoms with Crippen molar-refractivity contribution in [1.29, 1.82) is 0 Å². The fourth-order valence-electron chi connectivity index (χ4n) is 5.57. The molecule has 52 heavy (non-hydrogen) atoms. The predicted molar refractivity (Wildman–Crippen MR) is 181 cm³/mol. The lowest BCUT2D eigenvalue weighted by atomic mass is 10.1. The molecule has 5 N–H and O–H groups in total. The van der Waals surface area contributed by atoms with Crippen molar-refractivity contribution in [1.82, 2.24) is 29.1 Å². The molecule has 2 fully saturated rings. The van der Waals surface area contributed by atoms with Crippen molar-refractivity contribution < 1.29 is 57.0 Å². The number of nitrogen functional groups attached to an aromatic ring is 1. The van der Waals surface area contributed by atoms with Gasteiger partial charge in [-0.2, -0.15) is 0 Å². The quantitative estimate of drug-likeness (QED) is 0.0609. The number of nitrogens with one attached hydrogen (secondary N) is 1. The summed E-state index contributed by atoms with van der Waals surface area (Å²) in [6.07, 6.45) is -4.26. The first-order valence-electron chi connectivity index (χ1n) is 16.4. The van der Waals surface area contributed by atoms with Gasteiger partial charge in [-0.1, -0.05) is 13.8 Å². The second kappa shape index (κ2) is 18.1. The lowest BCUT2D eigenvalue weighted by molar-refractivity contribution is -0.0814. The van der Waals surface area contributed by atoms with Crippen LogP contribution in [0.15, 0.2) is 34.5 Å². The highest BCUT2D eigenvalue weighted by Gasteiger charge is 2.51. The lowest BCUT2D eigenvalue weighted by Gasteiger charge is -2.28. The van der Waals surface area contributed by atoms with Gasteiger partial charge in [0.2, 0.25) is 0 Å². The summed E-state index contributed by atoms with van der Waals surface area (Å²) in [5, 5.41) is 21.2. The van der Waals surface area contributed by atoms with E-state index in [4.69, 9.17) is 43.2 Å². The van der Waals surface area contributed by atoms with Crippen LogP contribution in [0.25, 0.3) is 11.2 Å². The molecule has 0 aromatic carbocycles. The molecule has 2 saturated heterocycles. The smallest absolute Gasteiger partial charge is 0.431 e. The first-order valence-corrected chi connectivity index (χ1v) is 19.5. The summed E-state index contributed by atoms with van der Waals surface area (Å²) >= 11 is 0.484. The summed E-state index contributed by atoms with van der Waals surface area (Å²) in [4.78, 5) is 51.4. The SMILES string of the molecule is CCC(CC)OC(=O)OCSP(=O)(OC[C@H]1O[C@@H](n2cnc3c(N)ncnc32)C[C@@H]1O)O[C@H]1[C@@H](OCCOC)[C@H](n2ccc(=O)[nH]c2=O)O[C@@H]1CO. The molecule has 2 aliphatic rings. The van der Waals surface area contributed by atoms with Gasteiger partial charge in [0, 0.05) is 37.2 Å². The van der Waals surface area contributed by atoms with Crippen LogP contribution in [0.5, 0.6) is 0 Å². The van der Waals surface area contributed by atoms with Crippen LogP contribution in [0.2, 0.25) is 0 Å². The van der Waals surface area contributed by atoms with Crippen molar-refractivity contribution in [2.45, 2.75) is 82.2 Å². The number of anilines is 1. The van der Waals surface area contributed by atoms with Crippen molar-refractivity contribution in [3.8, 4) is 0 Å². The predicted octanol–water partition coefficient (Wildman–Crippen LogP) is 1.07. The molecule has 0 spiro atoms. The van der Waals surface area contributed by atoms with Crippen LogP contribution >= 0.6 is 18.2 Å². The van der Waals surface area contributed by atoms with Gasteiger partial charge in [-0.25, -0.2) is 29.1 Å².